The number of H-pyrrole nitrogens is 1. The Kier molecular flexibility index (Phi) is 4.64. The van der Waals surface area contributed by atoms with Gasteiger partial charge in [0.05, 0.1) is 6.04 Å². The molecule has 1 fully saturated rings. The monoisotopic (exact) mass is 424 g/mol. The number of hydrogen-bond acceptors (Lipinski definition) is 2. The second-order valence-electron chi connectivity index (χ2n) is 7.31. The first-order valence-electron chi connectivity index (χ1n) is 9.14. The number of carbonyl (C=O) groups excluding carboxylic acids is 1. The molecule has 1 aliphatic heterocycles. The van der Waals surface area contributed by atoms with Crippen LogP contribution < -0.4 is 5.43 Å². The van der Waals surface area contributed by atoms with Gasteiger partial charge in [0.2, 0.25) is 0 Å². The lowest BCUT2D eigenvalue weighted by Gasteiger charge is -2.26. The molecular weight excluding hydrogens is 404 g/mol. The van der Waals surface area contributed by atoms with Crippen LogP contribution in [0.5, 0.6) is 0 Å². The molecule has 4 nitrogen and oxygen atoms in total. The van der Waals surface area contributed by atoms with Crippen LogP contribution in [0.1, 0.15) is 46.1 Å². The van der Waals surface area contributed by atoms with Crippen molar-refractivity contribution in [3.63, 3.8) is 0 Å². The first-order valence-corrected chi connectivity index (χ1v) is 9.93. The molecule has 1 aromatic heterocycles. The number of nitrogens with zero attached hydrogens (tertiary/aromatic N) is 1. The average molecular weight is 425 g/mol. The summed E-state index contributed by atoms with van der Waals surface area (Å²) in [4.78, 5) is 30.8. The fraction of sp³-hybridized carbons (Fsp3) is 0.273. The van der Waals surface area contributed by atoms with Crippen LogP contribution in [0.25, 0.3) is 10.9 Å². The number of aromatic nitrogens is 1. The van der Waals surface area contributed by atoms with Crippen molar-refractivity contribution in [1.82, 2.24) is 9.88 Å². The second-order valence-corrected chi connectivity index (χ2v) is 8.23. The van der Waals surface area contributed by atoms with Gasteiger partial charge in [-0.3, -0.25) is 9.59 Å². The highest BCUT2D eigenvalue weighted by Gasteiger charge is 2.31. The molecule has 27 heavy (non-hydrogen) atoms. The number of amides is 1. The Morgan fingerprint density at radius 2 is 1.85 bits per heavy atom. The van der Waals surface area contributed by atoms with Crippen LogP contribution in [0.2, 0.25) is 0 Å². The van der Waals surface area contributed by atoms with Gasteiger partial charge >= 0.3 is 0 Å². The van der Waals surface area contributed by atoms with Crippen molar-refractivity contribution in [3.8, 4) is 0 Å². The van der Waals surface area contributed by atoms with Crippen molar-refractivity contribution < 1.29 is 4.79 Å². The van der Waals surface area contributed by atoms with Crippen LogP contribution >= 0.6 is 15.9 Å². The van der Waals surface area contributed by atoms with Crippen molar-refractivity contribution in [1.29, 1.82) is 0 Å². The number of benzene rings is 2. The van der Waals surface area contributed by atoms with Gasteiger partial charge in [-0.1, -0.05) is 45.3 Å². The highest BCUT2D eigenvalue weighted by molar-refractivity contribution is 9.10. The summed E-state index contributed by atoms with van der Waals surface area (Å²) in [5.74, 6) is -0.112. The Balaban J connectivity index is 1.72. The summed E-state index contributed by atoms with van der Waals surface area (Å²) in [6, 6.07) is 13.4. The minimum absolute atomic E-state index is 0.0558. The summed E-state index contributed by atoms with van der Waals surface area (Å²) >= 11 is 3.39. The molecule has 1 unspecified atom stereocenters. The molecule has 1 saturated heterocycles. The van der Waals surface area contributed by atoms with E-state index < -0.39 is 0 Å². The lowest BCUT2D eigenvalue weighted by Crippen LogP contribution is -2.32. The molecule has 4 rings (SSSR count). The Hall–Kier alpha value is -2.40. The molecule has 2 heterocycles. The zero-order valence-electron chi connectivity index (χ0n) is 15.4. The van der Waals surface area contributed by atoms with Crippen LogP contribution in [0.3, 0.4) is 0 Å². The largest absolute Gasteiger partial charge is 0.350 e. The van der Waals surface area contributed by atoms with Gasteiger partial charge < -0.3 is 9.88 Å². The fourth-order valence-corrected chi connectivity index (χ4v) is 4.41. The van der Waals surface area contributed by atoms with E-state index in [1.54, 1.807) is 6.07 Å². The van der Waals surface area contributed by atoms with Gasteiger partial charge in [0.15, 0.2) is 5.43 Å². The van der Waals surface area contributed by atoms with Crippen LogP contribution in [-0.2, 0) is 0 Å². The number of aryl methyl sites for hydroxylation is 2. The first kappa shape index (κ1) is 18.0. The standard InChI is InChI=1S/C22H21BrN2O2/c1-13-8-14(2)10-15(9-13)20-4-3-7-25(20)22(27)19-12-21(26)17-11-16(23)5-6-18(17)24-19/h5-6,8-12,20H,3-4,7H2,1-2H3,(H,24,26). The number of likely N-dealkylation sites (tertiary alicyclic amines) is 1. The number of halogens is 1. The summed E-state index contributed by atoms with van der Waals surface area (Å²) in [5, 5.41) is 0.577. The molecule has 138 valence electrons. The highest BCUT2D eigenvalue weighted by Crippen LogP contribution is 2.34. The van der Waals surface area contributed by atoms with Crippen LogP contribution in [0, 0.1) is 13.8 Å². The van der Waals surface area contributed by atoms with Crippen LogP contribution in [0.4, 0.5) is 0 Å². The predicted molar refractivity (Wildman–Crippen MR) is 111 cm³/mol. The van der Waals surface area contributed by atoms with E-state index in [2.05, 4.69) is 53.0 Å². The molecule has 0 radical (unpaired) electrons. The summed E-state index contributed by atoms with van der Waals surface area (Å²) in [7, 11) is 0. The SMILES string of the molecule is Cc1cc(C)cc(C2CCCN2C(=O)c2cc(=O)c3cc(Br)ccc3[nH]2)c1. The van der Waals surface area contributed by atoms with E-state index >= 15 is 0 Å². The van der Waals surface area contributed by atoms with Crippen LogP contribution in [0.15, 0.2) is 51.7 Å². The van der Waals surface area contributed by atoms with E-state index in [1.165, 1.54) is 22.8 Å². The maximum absolute atomic E-state index is 13.2. The molecule has 0 bridgehead atoms. The minimum atomic E-state index is -0.143. The molecule has 0 saturated carbocycles. The van der Waals surface area contributed by atoms with Crippen molar-refractivity contribution in [2.24, 2.45) is 0 Å². The summed E-state index contributed by atoms with van der Waals surface area (Å²) in [6.45, 7) is 4.87. The lowest BCUT2D eigenvalue weighted by atomic mass is 9.99. The lowest BCUT2D eigenvalue weighted by molar-refractivity contribution is 0.0730. The quantitative estimate of drug-likeness (QED) is 0.636. The topological polar surface area (TPSA) is 53.2 Å². The van der Waals surface area contributed by atoms with Crippen molar-refractivity contribution in [2.45, 2.75) is 32.7 Å². The molecule has 2 aromatic carbocycles. The molecule has 1 aliphatic rings. The minimum Gasteiger partial charge on any atom is -0.350 e. The van der Waals surface area contributed by atoms with Crippen molar-refractivity contribution >= 4 is 32.7 Å². The van der Waals surface area contributed by atoms with E-state index in [0.29, 0.717) is 23.1 Å². The molecule has 1 amide bonds. The highest BCUT2D eigenvalue weighted by atomic mass is 79.9. The Morgan fingerprint density at radius 3 is 2.59 bits per heavy atom. The van der Waals surface area contributed by atoms with Gasteiger partial charge in [-0.05, 0) is 50.5 Å². The van der Waals surface area contributed by atoms with E-state index in [4.69, 9.17) is 0 Å². The number of carbonyl (C=O) groups is 1. The summed E-state index contributed by atoms with van der Waals surface area (Å²) in [6.07, 6.45) is 1.91. The Bertz CT molecular complexity index is 1080. The molecule has 0 spiro atoms. The molecule has 1 N–H and O–H groups in total. The molecule has 3 aromatic rings. The Labute approximate surface area is 166 Å². The van der Waals surface area contributed by atoms with Crippen LogP contribution in [-0.4, -0.2) is 22.3 Å². The maximum atomic E-state index is 13.2. The van der Waals surface area contributed by atoms with Gasteiger partial charge in [0.1, 0.15) is 5.69 Å². The number of nitrogens with one attached hydrogen (secondary N) is 1. The maximum Gasteiger partial charge on any atom is 0.270 e. The zero-order valence-corrected chi connectivity index (χ0v) is 17.0. The summed E-state index contributed by atoms with van der Waals surface area (Å²) in [5.41, 5.74) is 4.46. The third-order valence-corrected chi connectivity index (χ3v) is 5.66. The fourth-order valence-electron chi connectivity index (χ4n) is 4.05. The number of hydrogen-bond donors (Lipinski definition) is 1. The van der Waals surface area contributed by atoms with Crippen molar-refractivity contribution in [3.05, 3.63) is 79.5 Å². The zero-order chi connectivity index (χ0) is 19.1. The smallest absolute Gasteiger partial charge is 0.270 e. The number of pyridine rings is 1. The Morgan fingerprint density at radius 1 is 1.11 bits per heavy atom. The third-order valence-electron chi connectivity index (χ3n) is 5.16. The van der Waals surface area contributed by atoms with Crippen molar-refractivity contribution in [2.75, 3.05) is 6.54 Å². The van der Waals surface area contributed by atoms with E-state index in [1.807, 2.05) is 17.0 Å². The molecule has 0 aliphatic carbocycles. The second kappa shape index (κ2) is 6.97. The predicted octanol–water partition coefficient (Wildman–Crippen LogP) is 4.88. The number of aromatic amines is 1. The van der Waals surface area contributed by atoms with E-state index in [9.17, 15) is 9.59 Å². The molecule has 1 atom stereocenters. The van der Waals surface area contributed by atoms with Gasteiger partial charge in [0, 0.05) is 28.0 Å². The summed E-state index contributed by atoms with van der Waals surface area (Å²) < 4.78 is 0.842. The van der Waals surface area contributed by atoms with Gasteiger partial charge in [-0.25, -0.2) is 0 Å². The van der Waals surface area contributed by atoms with E-state index in [0.717, 1.165) is 17.3 Å². The van der Waals surface area contributed by atoms with Gasteiger partial charge in [-0.2, -0.15) is 0 Å². The first-order chi connectivity index (χ1) is 12.9. The number of rotatable bonds is 2. The molecular formula is C22H21BrN2O2. The third kappa shape index (κ3) is 3.44. The molecule has 5 heteroatoms. The van der Waals surface area contributed by atoms with Gasteiger partial charge in [0.25, 0.3) is 5.91 Å². The average Bonchev–Trinajstić information content (AvgIpc) is 3.10. The number of fused-ring (bicyclic) bond motifs is 1. The van der Waals surface area contributed by atoms with E-state index in [-0.39, 0.29) is 17.4 Å². The normalized spacial score (nSPS) is 16.9. The van der Waals surface area contributed by atoms with Gasteiger partial charge in [-0.15, -0.1) is 0 Å².